The minimum absolute atomic E-state index is 0.0949. The Balaban J connectivity index is 2.45. The lowest BCUT2D eigenvalue weighted by atomic mass is 9.92. The summed E-state index contributed by atoms with van der Waals surface area (Å²) in [7, 11) is 0. The topological polar surface area (TPSA) is 40.9 Å². The van der Waals surface area contributed by atoms with Crippen LogP contribution in [0.25, 0.3) is 0 Å². The van der Waals surface area contributed by atoms with Crippen LogP contribution >= 0.6 is 11.6 Å². The number of hydrogen-bond donors (Lipinski definition) is 0. The third kappa shape index (κ3) is 2.68. The van der Waals surface area contributed by atoms with Crippen molar-refractivity contribution in [1.82, 2.24) is 0 Å². The molecule has 0 aliphatic heterocycles. The summed E-state index contributed by atoms with van der Waals surface area (Å²) >= 11 is 5.73. The molecular weight excluding hydrogens is 284 g/mol. The summed E-state index contributed by atoms with van der Waals surface area (Å²) in [5.41, 5.74) is 0.111. The summed E-state index contributed by atoms with van der Waals surface area (Å²) in [5.74, 6) is -3.19. The van der Waals surface area contributed by atoms with Crippen LogP contribution in [-0.4, -0.2) is 5.78 Å². The summed E-state index contributed by atoms with van der Waals surface area (Å²) in [6, 6.07) is 10.7. The Morgan fingerprint density at radius 2 is 1.90 bits per heavy atom. The van der Waals surface area contributed by atoms with Gasteiger partial charge in [-0.3, -0.25) is 4.79 Å². The van der Waals surface area contributed by atoms with Crippen molar-refractivity contribution < 1.29 is 13.6 Å². The second kappa shape index (κ2) is 5.81. The molecular formula is C15H8ClF2NO. The number of rotatable bonds is 3. The molecule has 1 atom stereocenters. The van der Waals surface area contributed by atoms with Crippen LogP contribution in [0.5, 0.6) is 0 Å². The smallest absolute Gasteiger partial charge is 0.186 e. The summed E-state index contributed by atoms with van der Waals surface area (Å²) in [4.78, 5) is 12.3. The summed E-state index contributed by atoms with van der Waals surface area (Å²) in [5, 5.41) is 8.79. The number of hydrogen-bond acceptors (Lipinski definition) is 2. The predicted octanol–water partition coefficient (Wildman–Crippen LogP) is 4.11. The highest BCUT2D eigenvalue weighted by Crippen LogP contribution is 2.27. The molecule has 0 amide bonds. The van der Waals surface area contributed by atoms with E-state index in [1.165, 1.54) is 30.3 Å². The van der Waals surface area contributed by atoms with Crippen LogP contribution in [0, 0.1) is 23.0 Å². The lowest BCUT2D eigenvalue weighted by Gasteiger charge is -2.10. The van der Waals surface area contributed by atoms with Gasteiger partial charge in [-0.05, 0) is 29.8 Å². The first-order valence-corrected chi connectivity index (χ1v) is 6.05. The van der Waals surface area contributed by atoms with E-state index in [4.69, 9.17) is 16.9 Å². The van der Waals surface area contributed by atoms with Gasteiger partial charge in [-0.15, -0.1) is 0 Å². The summed E-state index contributed by atoms with van der Waals surface area (Å²) < 4.78 is 26.5. The van der Waals surface area contributed by atoms with Crippen molar-refractivity contribution in [3.05, 3.63) is 70.2 Å². The Morgan fingerprint density at radius 1 is 1.20 bits per heavy atom. The van der Waals surface area contributed by atoms with Crippen molar-refractivity contribution in [3.8, 4) is 6.07 Å². The quantitative estimate of drug-likeness (QED) is 0.799. The minimum Gasteiger partial charge on any atom is -0.292 e. The van der Waals surface area contributed by atoms with Crippen molar-refractivity contribution in [3.63, 3.8) is 0 Å². The van der Waals surface area contributed by atoms with E-state index in [1.54, 1.807) is 6.07 Å². The van der Waals surface area contributed by atoms with Crippen LogP contribution in [0.2, 0.25) is 5.02 Å². The molecule has 20 heavy (non-hydrogen) atoms. The average Bonchev–Trinajstić information content (AvgIpc) is 2.42. The number of benzene rings is 2. The molecule has 2 aromatic carbocycles. The summed E-state index contributed by atoms with van der Waals surface area (Å²) in [6.07, 6.45) is 0. The van der Waals surface area contributed by atoms with Crippen molar-refractivity contribution in [2.24, 2.45) is 0 Å². The SMILES string of the molecule is N#CC(C(=O)c1cccc(F)c1Cl)c1cccc(F)c1. The van der Waals surface area contributed by atoms with Crippen molar-refractivity contribution >= 4 is 17.4 Å². The number of nitriles is 1. The van der Waals surface area contributed by atoms with E-state index in [0.29, 0.717) is 0 Å². The number of Topliss-reactive ketones (excluding diaryl/α,β-unsaturated/α-hetero) is 1. The van der Waals surface area contributed by atoms with E-state index in [2.05, 4.69) is 0 Å². The van der Waals surface area contributed by atoms with Crippen LogP contribution < -0.4 is 0 Å². The monoisotopic (exact) mass is 291 g/mol. The molecule has 0 saturated heterocycles. The third-order valence-corrected chi connectivity index (χ3v) is 3.17. The van der Waals surface area contributed by atoms with Gasteiger partial charge in [0, 0.05) is 5.56 Å². The van der Waals surface area contributed by atoms with Gasteiger partial charge < -0.3 is 0 Å². The highest BCUT2D eigenvalue weighted by atomic mass is 35.5. The molecule has 0 aromatic heterocycles. The summed E-state index contributed by atoms with van der Waals surface area (Å²) in [6.45, 7) is 0. The maximum Gasteiger partial charge on any atom is 0.186 e. The molecule has 5 heteroatoms. The molecule has 2 aromatic rings. The standard InChI is InChI=1S/C15H8ClF2NO/c16-14-11(5-2-6-13(14)18)15(20)12(8-19)9-3-1-4-10(17)7-9/h1-7,12H. The maximum atomic E-state index is 13.3. The van der Waals surface area contributed by atoms with Gasteiger partial charge in [0.2, 0.25) is 0 Å². The minimum atomic E-state index is -1.23. The molecule has 0 radical (unpaired) electrons. The molecule has 0 heterocycles. The van der Waals surface area contributed by atoms with Crippen LogP contribution in [0.4, 0.5) is 8.78 Å². The fraction of sp³-hybridized carbons (Fsp3) is 0.0667. The Kier molecular flexibility index (Phi) is 4.11. The molecule has 0 saturated carbocycles. The number of ketones is 1. The molecule has 0 aliphatic rings. The van der Waals surface area contributed by atoms with Crippen LogP contribution in [-0.2, 0) is 0 Å². The molecule has 100 valence electrons. The van der Waals surface area contributed by atoms with Crippen molar-refractivity contribution in [1.29, 1.82) is 5.26 Å². The van der Waals surface area contributed by atoms with E-state index >= 15 is 0 Å². The maximum absolute atomic E-state index is 13.3. The fourth-order valence-corrected chi connectivity index (χ4v) is 2.04. The Bertz CT molecular complexity index is 709. The largest absolute Gasteiger partial charge is 0.292 e. The molecule has 2 rings (SSSR count). The normalized spacial score (nSPS) is 11.7. The third-order valence-electron chi connectivity index (χ3n) is 2.79. The zero-order valence-corrected chi connectivity index (χ0v) is 10.9. The van der Waals surface area contributed by atoms with E-state index < -0.39 is 23.3 Å². The zero-order chi connectivity index (χ0) is 14.7. The number of nitrogens with zero attached hydrogens (tertiary/aromatic N) is 1. The highest BCUT2D eigenvalue weighted by Gasteiger charge is 2.25. The predicted molar refractivity (Wildman–Crippen MR) is 70.5 cm³/mol. The second-order valence-electron chi connectivity index (χ2n) is 4.08. The second-order valence-corrected chi connectivity index (χ2v) is 4.46. The number of halogens is 3. The van der Waals surface area contributed by atoms with E-state index in [9.17, 15) is 13.6 Å². The lowest BCUT2D eigenvalue weighted by molar-refractivity contribution is 0.0978. The van der Waals surface area contributed by atoms with Crippen molar-refractivity contribution in [2.45, 2.75) is 5.92 Å². The van der Waals surface area contributed by atoms with Crippen molar-refractivity contribution in [2.75, 3.05) is 0 Å². The van der Waals surface area contributed by atoms with Gasteiger partial charge in [0.15, 0.2) is 5.78 Å². The lowest BCUT2D eigenvalue weighted by Crippen LogP contribution is -2.12. The van der Waals surface area contributed by atoms with Crippen LogP contribution in [0.1, 0.15) is 21.8 Å². The number of carbonyl (C=O) groups is 1. The first-order valence-electron chi connectivity index (χ1n) is 5.68. The average molecular weight is 292 g/mol. The van der Waals surface area contributed by atoms with Gasteiger partial charge in [0.05, 0.1) is 11.1 Å². The van der Waals surface area contributed by atoms with Gasteiger partial charge in [0.25, 0.3) is 0 Å². The molecule has 0 spiro atoms. The van der Waals surface area contributed by atoms with E-state index in [-0.39, 0.29) is 16.1 Å². The molecule has 0 bridgehead atoms. The number of carbonyl (C=O) groups excluding carboxylic acids is 1. The molecule has 2 nitrogen and oxygen atoms in total. The van der Waals surface area contributed by atoms with E-state index in [0.717, 1.165) is 12.1 Å². The molecule has 0 N–H and O–H groups in total. The fourth-order valence-electron chi connectivity index (χ4n) is 1.82. The van der Waals surface area contributed by atoms with Crippen LogP contribution in [0.3, 0.4) is 0 Å². The van der Waals surface area contributed by atoms with Gasteiger partial charge in [-0.1, -0.05) is 29.8 Å². The van der Waals surface area contributed by atoms with E-state index in [1.807, 2.05) is 0 Å². The first-order chi connectivity index (χ1) is 9.54. The van der Waals surface area contributed by atoms with Gasteiger partial charge >= 0.3 is 0 Å². The molecule has 1 unspecified atom stereocenters. The van der Waals surface area contributed by atoms with Crippen LogP contribution in [0.15, 0.2) is 42.5 Å². The zero-order valence-electron chi connectivity index (χ0n) is 10.1. The Hall–Kier alpha value is -2.25. The highest BCUT2D eigenvalue weighted by molar-refractivity contribution is 6.34. The first kappa shape index (κ1) is 14.2. The van der Waals surface area contributed by atoms with Gasteiger partial charge in [-0.2, -0.15) is 5.26 Å². The molecule has 0 aliphatic carbocycles. The molecule has 0 fully saturated rings. The van der Waals surface area contributed by atoms with Gasteiger partial charge in [0.1, 0.15) is 17.6 Å². The Morgan fingerprint density at radius 3 is 2.55 bits per heavy atom. The Labute approximate surface area is 119 Å². The van der Waals surface area contributed by atoms with Gasteiger partial charge in [-0.25, -0.2) is 8.78 Å².